The van der Waals surface area contributed by atoms with Crippen molar-refractivity contribution in [1.29, 1.82) is 0 Å². The van der Waals surface area contributed by atoms with Crippen LogP contribution < -0.4 is 10.9 Å². The van der Waals surface area contributed by atoms with Crippen LogP contribution in [0.5, 0.6) is 0 Å². The highest BCUT2D eigenvalue weighted by atomic mass is 16.1. The van der Waals surface area contributed by atoms with Gasteiger partial charge in [0.25, 0.3) is 5.56 Å². The number of anilines is 1. The van der Waals surface area contributed by atoms with Gasteiger partial charge < -0.3 is 15.3 Å². The molecule has 4 rings (SSSR count). The SMILES string of the molecule is CNc1c(-c2ccccc2)c2[nH]c3ccccc3c2[nH]c1=O. The first kappa shape index (κ1) is 12.7. The van der Waals surface area contributed by atoms with Gasteiger partial charge in [-0.1, -0.05) is 48.5 Å². The lowest BCUT2D eigenvalue weighted by Crippen LogP contribution is -2.13. The molecule has 0 saturated heterocycles. The zero-order valence-electron chi connectivity index (χ0n) is 12.1. The van der Waals surface area contributed by atoms with E-state index in [-0.39, 0.29) is 5.56 Å². The Kier molecular flexibility index (Phi) is 2.76. The first-order valence-electron chi connectivity index (χ1n) is 7.19. The summed E-state index contributed by atoms with van der Waals surface area (Å²) in [5.41, 5.74) is 5.17. The van der Waals surface area contributed by atoms with Gasteiger partial charge in [-0.15, -0.1) is 0 Å². The molecule has 4 heteroatoms. The molecule has 0 spiro atoms. The van der Waals surface area contributed by atoms with E-state index in [2.05, 4.69) is 15.3 Å². The molecule has 2 aromatic carbocycles. The Morgan fingerprint density at radius 3 is 2.36 bits per heavy atom. The fraction of sp³-hybridized carbons (Fsp3) is 0.0556. The highest BCUT2D eigenvalue weighted by Crippen LogP contribution is 2.34. The fourth-order valence-corrected chi connectivity index (χ4v) is 3.01. The Hall–Kier alpha value is -3.01. The van der Waals surface area contributed by atoms with Gasteiger partial charge in [0.15, 0.2) is 0 Å². The van der Waals surface area contributed by atoms with Crippen LogP contribution in [0, 0.1) is 0 Å². The number of para-hydroxylation sites is 1. The monoisotopic (exact) mass is 289 g/mol. The normalized spacial score (nSPS) is 11.1. The molecule has 0 aliphatic heterocycles. The van der Waals surface area contributed by atoms with Crippen LogP contribution >= 0.6 is 0 Å². The van der Waals surface area contributed by atoms with Crippen LogP contribution in [0.2, 0.25) is 0 Å². The second kappa shape index (κ2) is 4.77. The smallest absolute Gasteiger partial charge is 0.272 e. The van der Waals surface area contributed by atoms with Crippen molar-refractivity contribution in [3.8, 4) is 11.1 Å². The summed E-state index contributed by atoms with van der Waals surface area (Å²) in [6.45, 7) is 0. The molecule has 0 bridgehead atoms. The second-order valence-corrected chi connectivity index (χ2v) is 5.24. The van der Waals surface area contributed by atoms with Gasteiger partial charge in [-0.25, -0.2) is 0 Å². The number of aromatic amines is 2. The van der Waals surface area contributed by atoms with Crippen LogP contribution in [0.15, 0.2) is 59.4 Å². The summed E-state index contributed by atoms with van der Waals surface area (Å²) < 4.78 is 0. The highest BCUT2D eigenvalue weighted by molar-refractivity contribution is 6.11. The Balaban J connectivity index is 2.23. The van der Waals surface area contributed by atoms with Gasteiger partial charge in [0, 0.05) is 23.5 Å². The van der Waals surface area contributed by atoms with Crippen molar-refractivity contribution < 1.29 is 0 Å². The predicted molar refractivity (Wildman–Crippen MR) is 91.4 cm³/mol. The van der Waals surface area contributed by atoms with E-state index in [1.807, 2.05) is 54.6 Å². The molecule has 0 aliphatic rings. The van der Waals surface area contributed by atoms with Crippen molar-refractivity contribution in [1.82, 2.24) is 9.97 Å². The number of hydrogen-bond acceptors (Lipinski definition) is 2. The maximum atomic E-state index is 12.5. The zero-order chi connectivity index (χ0) is 15.1. The molecular formula is C18H15N3O. The van der Waals surface area contributed by atoms with Gasteiger partial charge in [-0.05, 0) is 11.6 Å². The van der Waals surface area contributed by atoms with Crippen molar-refractivity contribution >= 4 is 27.6 Å². The van der Waals surface area contributed by atoms with Gasteiger partial charge in [-0.3, -0.25) is 4.79 Å². The average molecular weight is 289 g/mol. The van der Waals surface area contributed by atoms with Crippen molar-refractivity contribution in [2.45, 2.75) is 0 Å². The fourth-order valence-electron chi connectivity index (χ4n) is 3.01. The standard InChI is InChI=1S/C18H15N3O/c1-19-17-14(11-7-3-2-4-8-11)16-15(21-18(17)22)12-9-5-6-10-13(12)20-16/h2-10,19-20H,1H3,(H,21,22). The minimum Gasteiger partial charge on any atom is -0.383 e. The van der Waals surface area contributed by atoms with Crippen molar-refractivity contribution in [2.75, 3.05) is 12.4 Å². The molecule has 0 saturated carbocycles. The average Bonchev–Trinajstić information content (AvgIpc) is 2.92. The number of rotatable bonds is 2. The summed E-state index contributed by atoms with van der Waals surface area (Å²) in [5, 5.41) is 4.06. The van der Waals surface area contributed by atoms with E-state index in [1.54, 1.807) is 7.05 Å². The number of pyridine rings is 1. The lowest BCUT2D eigenvalue weighted by atomic mass is 10.0. The van der Waals surface area contributed by atoms with Crippen LogP contribution in [0.3, 0.4) is 0 Å². The number of benzene rings is 2. The third kappa shape index (κ3) is 1.74. The topological polar surface area (TPSA) is 60.7 Å². The summed E-state index contributed by atoms with van der Waals surface area (Å²) in [6.07, 6.45) is 0. The summed E-state index contributed by atoms with van der Waals surface area (Å²) >= 11 is 0. The number of H-pyrrole nitrogens is 2. The quantitative estimate of drug-likeness (QED) is 0.526. The van der Waals surface area contributed by atoms with Gasteiger partial charge in [0.05, 0.1) is 11.0 Å². The molecule has 0 radical (unpaired) electrons. The van der Waals surface area contributed by atoms with E-state index >= 15 is 0 Å². The van der Waals surface area contributed by atoms with Gasteiger partial charge in [0.1, 0.15) is 5.69 Å². The summed E-state index contributed by atoms with van der Waals surface area (Å²) in [5.74, 6) is 0. The summed E-state index contributed by atoms with van der Waals surface area (Å²) in [4.78, 5) is 18.9. The third-order valence-corrected chi connectivity index (χ3v) is 3.98. The lowest BCUT2D eigenvalue weighted by molar-refractivity contribution is 1.29. The molecule has 2 heterocycles. The first-order chi connectivity index (χ1) is 10.8. The van der Waals surface area contributed by atoms with E-state index in [0.717, 1.165) is 33.1 Å². The van der Waals surface area contributed by atoms with Crippen molar-refractivity contribution in [3.63, 3.8) is 0 Å². The molecule has 3 N–H and O–H groups in total. The van der Waals surface area contributed by atoms with E-state index < -0.39 is 0 Å². The minimum absolute atomic E-state index is 0.112. The second-order valence-electron chi connectivity index (χ2n) is 5.24. The molecule has 0 aliphatic carbocycles. The summed E-state index contributed by atoms with van der Waals surface area (Å²) in [6, 6.07) is 17.9. The molecule has 2 aromatic heterocycles. The Morgan fingerprint density at radius 2 is 1.59 bits per heavy atom. The molecule has 22 heavy (non-hydrogen) atoms. The molecular weight excluding hydrogens is 274 g/mol. The zero-order valence-corrected chi connectivity index (χ0v) is 12.1. The van der Waals surface area contributed by atoms with Gasteiger partial charge in [-0.2, -0.15) is 0 Å². The molecule has 0 amide bonds. The van der Waals surface area contributed by atoms with Gasteiger partial charge >= 0.3 is 0 Å². The molecule has 4 nitrogen and oxygen atoms in total. The first-order valence-corrected chi connectivity index (χ1v) is 7.19. The maximum absolute atomic E-state index is 12.5. The lowest BCUT2D eigenvalue weighted by Gasteiger charge is -2.10. The third-order valence-electron chi connectivity index (χ3n) is 3.98. The van der Waals surface area contributed by atoms with E-state index in [1.165, 1.54) is 0 Å². The van der Waals surface area contributed by atoms with Crippen LogP contribution in [0.1, 0.15) is 0 Å². The highest BCUT2D eigenvalue weighted by Gasteiger charge is 2.16. The molecule has 0 atom stereocenters. The molecule has 0 unspecified atom stereocenters. The van der Waals surface area contributed by atoms with Crippen molar-refractivity contribution in [3.05, 3.63) is 65.0 Å². The molecule has 108 valence electrons. The predicted octanol–water partition coefficient (Wildman–Crippen LogP) is 3.72. The van der Waals surface area contributed by atoms with E-state index in [4.69, 9.17) is 0 Å². The number of nitrogens with one attached hydrogen (secondary N) is 3. The summed E-state index contributed by atoms with van der Waals surface area (Å²) in [7, 11) is 1.77. The van der Waals surface area contributed by atoms with Crippen LogP contribution in [0.25, 0.3) is 33.1 Å². The number of fused-ring (bicyclic) bond motifs is 3. The van der Waals surface area contributed by atoms with E-state index in [0.29, 0.717) is 5.69 Å². The van der Waals surface area contributed by atoms with Crippen LogP contribution in [-0.4, -0.2) is 17.0 Å². The largest absolute Gasteiger partial charge is 0.383 e. The van der Waals surface area contributed by atoms with Crippen LogP contribution in [-0.2, 0) is 0 Å². The Labute approximate surface area is 126 Å². The molecule has 0 fully saturated rings. The maximum Gasteiger partial charge on any atom is 0.272 e. The Morgan fingerprint density at radius 1 is 0.864 bits per heavy atom. The van der Waals surface area contributed by atoms with E-state index in [9.17, 15) is 4.79 Å². The van der Waals surface area contributed by atoms with Crippen LogP contribution in [0.4, 0.5) is 5.69 Å². The van der Waals surface area contributed by atoms with Gasteiger partial charge in [0.2, 0.25) is 0 Å². The van der Waals surface area contributed by atoms with Crippen molar-refractivity contribution in [2.24, 2.45) is 0 Å². The minimum atomic E-state index is -0.112. The number of hydrogen-bond donors (Lipinski definition) is 3. The number of aromatic nitrogens is 2. The molecule has 4 aromatic rings. The Bertz CT molecular complexity index is 1030.